The standard InChI is InChI=1S/C27H40P2/c1-9-10-13-21(7)27(29)25(15-18(2)3)26(28)17-24(22(8)19(4)5)23-14-11-12-20(6)16-23/h9-14,16-19,27H,8,15,28-29H2,1-7H3/b10-9-,21-13+,24-17+,26-25-. The Kier molecular flexibility index (Phi) is 11.1. The summed E-state index contributed by atoms with van der Waals surface area (Å²) < 4.78 is 0. The molecule has 3 atom stereocenters. The van der Waals surface area contributed by atoms with E-state index >= 15 is 0 Å². The molecular formula is C27H40P2. The Hall–Kier alpha value is -1.22. The number of rotatable bonds is 9. The number of hydrogen-bond acceptors (Lipinski definition) is 0. The van der Waals surface area contributed by atoms with Crippen molar-refractivity contribution in [1.29, 1.82) is 0 Å². The molecule has 0 fully saturated rings. The smallest absolute Gasteiger partial charge is 0.0161 e. The molecule has 0 saturated carbocycles. The summed E-state index contributed by atoms with van der Waals surface area (Å²) in [6.45, 7) is 19.9. The highest BCUT2D eigenvalue weighted by molar-refractivity contribution is 7.23. The maximum Gasteiger partial charge on any atom is 0.0161 e. The van der Waals surface area contributed by atoms with Crippen molar-refractivity contribution < 1.29 is 0 Å². The molecule has 158 valence electrons. The van der Waals surface area contributed by atoms with Gasteiger partial charge < -0.3 is 0 Å². The lowest BCUT2D eigenvalue weighted by Crippen LogP contribution is -2.09. The first-order chi connectivity index (χ1) is 13.6. The van der Waals surface area contributed by atoms with E-state index in [1.54, 1.807) is 0 Å². The lowest BCUT2D eigenvalue weighted by molar-refractivity contribution is 0.634. The summed E-state index contributed by atoms with van der Waals surface area (Å²) in [4.78, 5) is 0. The molecule has 0 aromatic heterocycles. The average Bonchev–Trinajstić information content (AvgIpc) is 2.66. The number of benzene rings is 1. The molecule has 0 aliphatic rings. The third-order valence-corrected chi connectivity index (χ3v) is 6.55. The lowest BCUT2D eigenvalue weighted by atomic mass is 9.89. The number of hydrogen-bond donors (Lipinski definition) is 0. The summed E-state index contributed by atoms with van der Waals surface area (Å²) in [5.41, 5.74) is 8.07. The van der Waals surface area contributed by atoms with Crippen LogP contribution in [0.5, 0.6) is 0 Å². The van der Waals surface area contributed by atoms with Gasteiger partial charge in [-0.1, -0.05) is 93.5 Å². The molecule has 0 saturated heterocycles. The Balaban J connectivity index is 3.60. The van der Waals surface area contributed by atoms with Crippen molar-refractivity contribution in [2.24, 2.45) is 11.8 Å². The Bertz CT molecular complexity index is 817. The van der Waals surface area contributed by atoms with Crippen molar-refractivity contribution in [2.75, 3.05) is 0 Å². The van der Waals surface area contributed by atoms with Gasteiger partial charge in [0.05, 0.1) is 0 Å². The summed E-state index contributed by atoms with van der Waals surface area (Å²) >= 11 is 0. The Morgan fingerprint density at radius 1 is 1.17 bits per heavy atom. The molecule has 29 heavy (non-hydrogen) atoms. The maximum atomic E-state index is 4.43. The minimum Gasteiger partial charge on any atom is -0.126 e. The predicted octanol–water partition coefficient (Wildman–Crippen LogP) is 8.53. The molecule has 0 spiro atoms. The summed E-state index contributed by atoms with van der Waals surface area (Å²) in [7, 11) is 6.07. The number of aryl methyl sites for hydroxylation is 1. The van der Waals surface area contributed by atoms with Crippen LogP contribution < -0.4 is 0 Å². The van der Waals surface area contributed by atoms with Crippen molar-refractivity contribution >= 4 is 24.1 Å². The highest BCUT2D eigenvalue weighted by Gasteiger charge is 2.17. The largest absolute Gasteiger partial charge is 0.126 e. The molecule has 0 aliphatic heterocycles. The van der Waals surface area contributed by atoms with Crippen LogP contribution in [0.4, 0.5) is 0 Å². The Morgan fingerprint density at radius 3 is 2.34 bits per heavy atom. The van der Waals surface area contributed by atoms with Crippen molar-refractivity contribution in [3.63, 3.8) is 0 Å². The summed E-state index contributed by atoms with van der Waals surface area (Å²) in [6.07, 6.45) is 9.82. The zero-order valence-electron chi connectivity index (χ0n) is 19.4. The minimum absolute atomic E-state index is 0.323. The monoisotopic (exact) mass is 426 g/mol. The quantitative estimate of drug-likeness (QED) is 0.274. The van der Waals surface area contributed by atoms with Crippen molar-refractivity contribution in [1.82, 2.24) is 0 Å². The van der Waals surface area contributed by atoms with Crippen LogP contribution in [0.2, 0.25) is 0 Å². The predicted molar refractivity (Wildman–Crippen MR) is 141 cm³/mol. The fourth-order valence-electron chi connectivity index (χ4n) is 3.22. The van der Waals surface area contributed by atoms with E-state index in [4.69, 9.17) is 0 Å². The van der Waals surface area contributed by atoms with Crippen LogP contribution in [-0.4, -0.2) is 5.66 Å². The summed E-state index contributed by atoms with van der Waals surface area (Å²) in [6, 6.07) is 8.74. The van der Waals surface area contributed by atoms with E-state index in [1.807, 2.05) is 0 Å². The zero-order valence-corrected chi connectivity index (χ0v) is 21.7. The van der Waals surface area contributed by atoms with Crippen LogP contribution in [0.3, 0.4) is 0 Å². The van der Waals surface area contributed by atoms with E-state index in [-0.39, 0.29) is 0 Å². The second-order valence-corrected chi connectivity index (χ2v) is 9.89. The van der Waals surface area contributed by atoms with Gasteiger partial charge in [-0.05, 0) is 67.1 Å². The SMILES string of the molecule is C=C(/C(=C\C(P)=C(/CC(C)C)C(P)/C(C)=C/C=C\C)c1cccc(C)c1)C(C)C. The molecule has 0 heterocycles. The zero-order chi connectivity index (χ0) is 22.1. The van der Waals surface area contributed by atoms with E-state index in [0.29, 0.717) is 17.5 Å². The van der Waals surface area contributed by atoms with Crippen LogP contribution in [0, 0.1) is 18.8 Å². The van der Waals surface area contributed by atoms with Gasteiger partial charge in [-0.2, -0.15) is 0 Å². The summed E-state index contributed by atoms with van der Waals surface area (Å²) in [5, 5.41) is 1.27. The van der Waals surface area contributed by atoms with Gasteiger partial charge in [0.15, 0.2) is 0 Å². The van der Waals surface area contributed by atoms with E-state index in [1.165, 1.54) is 38.7 Å². The number of allylic oxidation sites excluding steroid dienone is 9. The van der Waals surface area contributed by atoms with Gasteiger partial charge in [0.1, 0.15) is 0 Å². The van der Waals surface area contributed by atoms with Crippen LogP contribution in [0.25, 0.3) is 5.57 Å². The normalized spacial score (nSPS) is 15.3. The van der Waals surface area contributed by atoms with E-state index in [9.17, 15) is 0 Å². The highest BCUT2D eigenvalue weighted by atomic mass is 31.0. The molecule has 2 heteroatoms. The summed E-state index contributed by atoms with van der Waals surface area (Å²) in [5.74, 6) is 0.999. The van der Waals surface area contributed by atoms with Gasteiger partial charge in [0, 0.05) is 5.66 Å². The molecule has 3 unspecified atom stereocenters. The lowest BCUT2D eigenvalue weighted by Gasteiger charge is -2.22. The van der Waals surface area contributed by atoms with Gasteiger partial charge >= 0.3 is 0 Å². The van der Waals surface area contributed by atoms with E-state index < -0.39 is 0 Å². The average molecular weight is 427 g/mol. The first-order valence-electron chi connectivity index (χ1n) is 10.6. The van der Waals surface area contributed by atoms with Gasteiger partial charge in [-0.3, -0.25) is 0 Å². The highest BCUT2D eigenvalue weighted by Crippen LogP contribution is 2.36. The van der Waals surface area contributed by atoms with Crippen LogP contribution in [0.1, 0.15) is 59.1 Å². The molecule has 0 aliphatic carbocycles. The van der Waals surface area contributed by atoms with Gasteiger partial charge in [-0.25, -0.2) is 0 Å². The third-order valence-electron chi connectivity index (χ3n) is 5.09. The molecule has 1 aromatic rings. The van der Waals surface area contributed by atoms with Crippen LogP contribution in [-0.2, 0) is 0 Å². The second kappa shape index (κ2) is 12.5. The van der Waals surface area contributed by atoms with Gasteiger partial charge in [0.25, 0.3) is 0 Å². The van der Waals surface area contributed by atoms with Crippen LogP contribution in [0.15, 0.2) is 77.2 Å². The molecule has 0 bridgehead atoms. The molecule has 0 amide bonds. The van der Waals surface area contributed by atoms with Gasteiger partial charge in [0.2, 0.25) is 0 Å². The van der Waals surface area contributed by atoms with Gasteiger partial charge in [-0.15, -0.1) is 18.5 Å². The second-order valence-electron chi connectivity index (χ2n) is 8.60. The maximum absolute atomic E-state index is 4.43. The first-order valence-corrected chi connectivity index (χ1v) is 11.8. The van der Waals surface area contributed by atoms with Crippen molar-refractivity contribution in [3.8, 4) is 0 Å². The molecule has 0 nitrogen and oxygen atoms in total. The van der Waals surface area contributed by atoms with Crippen molar-refractivity contribution in [3.05, 3.63) is 88.3 Å². The minimum atomic E-state index is 0.323. The molecular weight excluding hydrogens is 386 g/mol. The Morgan fingerprint density at radius 2 is 1.83 bits per heavy atom. The molecule has 0 N–H and O–H groups in total. The fourth-order valence-corrected chi connectivity index (χ4v) is 4.32. The third kappa shape index (κ3) is 8.20. The topological polar surface area (TPSA) is 0 Å². The first kappa shape index (κ1) is 25.8. The van der Waals surface area contributed by atoms with E-state index in [0.717, 1.165) is 6.42 Å². The molecule has 0 radical (unpaired) electrons. The van der Waals surface area contributed by atoms with Crippen LogP contribution >= 0.6 is 18.5 Å². The fraction of sp³-hybridized carbons (Fsp3) is 0.407. The molecule has 1 rings (SSSR count). The van der Waals surface area contributed by atoms with Crippen molar-refractivity contribution in [2.45, 2.75) is 60.5 Å². The van der Waals surface area contributed by atoms with E-state index in [2.05, 4.69) is 122 Å². The molecule has 1 aromatic carbocycles. The Labute approximate surface area is 184 Å².